The molecule has 0 spiro atoms. The van der Waals surface area contributed by atoms with Crippen molar-refractivity contribution < 1.29 is 27.9 Å². The molecule has 0 unspecified atom stereocenters. The lowest BCUT2D eigenvalue weighted by atomic mass is 9.87. The fraction of sp³-hybridized carbons (Fsp3) is 0.600. The average Bonchev–Trinajstić information content (AvgIpc) is 2.80. The van der Waals surface area contributed by atoms with E-state index in [0.29, 0.717) is 11.8 Å². The fourth-order valence-corrected chi connectivity index (χ4v) is 4.40. The van der Waals surface area contributed by atoms with Gasteiger partial charge in [-0.05, 0) is 57.2 Å². The van der Waals surface area contributed by atoms with Crippen LogP contribution in [0.3, 0.4) is 0 Å². The number of alkyl halides is 3. The van der Waals surface area contributed by atoms with Crippen LogP contribution in [-0.2, 0) is 9.59 Å². The average molecular weight is 469 g/mol. The second-order valence-corrected chi connectivity index (χ2v) is 8.95. The van der Waals surface area contributed by atoms with Crippen LogP contribution in [0.1, 0.15) is 57.4 Å². The molecule has 8 heteroatoms. The van der Waals surface area contributed by atoms with E-state index < -0.39 is 12.1 Å². The number of aliphatic carboxylic acids is 1. The Bertz CT molecular complexity index is 769. The molecule has 5 nitrogen and oxygen atoms in total. The number of halogens is 3. The Morgan fingerprint density at radius 2 is 1.64 bits per heavy atom. The zero-order chi connectivity index (χ0) is 24.3. The van der Waals surface area contributed by atoms with Crippen molar-refractivity contribution in [3.05, 3.63) is 41.5 Å². The van der Waals surface area contributed by atoms with Crippen molar-refractivity contribution in [2.45, 2.75) is 58.0 Å². The Balaban J connectivity index is 0.000000479. The summed E-state index contributed by atoms with van der Waals surface area (Å²) >= 11 is 0. The van der Waals surface area contributed by atoms with Crippen LogP contribution in [-0.4, -0.2) is 54.2 Å². The van der Waals surface area contributed by atoms with Gasteiger partial charge in [-0.3, -0.25) is 4.79 Å². The molecule has 3 rings (SSSR count). The van der Waals surface area contributed by atoms with Gasteiger partial charge >= 0.3 is 12.1 Å². The number of hydrogen-bond acceptors (Lipinski definition) is 3. The number of rotatable bonds is 6. The molecular weight excluding hydrogens is 433 g/mol. The van der Waals surface area contributed by atoms with Crippen LogP contribution in [0.5, 0.6) is 0 Å². The number of piperidine rings is 1. The first kappa shape index (κ1) is 26.9. The standard InChI is InChI=1S/C23H34N2O.C2HF3O2/c1-19(16-20-8-4-2-5-9-20)17-25(18-21-12-14-24-15-13-21)23(26)22-10-6-3-7-11-22;3-2(4,5)1(6)7/h2,4-5,8-9,16,21-22,24H,3,6-7,10-15,17-18H2,1H3;(H,6,7)/b19-16+;. The van der Waals surface area contributed by atoms with Crippen molar-refractivity contribution in [3.63, 3.8) is 0 Å². The van der Waals surface area contributed by atoms with E-state index in [-0.39, 0.29) is 5.92 Å². The van der Waals surface area contributed by atoms with Gasteiger partial charge < -0.3 is 15.3 Å². The summed E-state index contributed by atoms with van der Waals surface area (Å²) in [5.41, 5.74) is 2.49. The van der Waals surface area contributed by atoms with E-state index in [1.165, 1.54) is 43.2 Å². The predicted octanol–water partition coefficient (Wildman–Crippen LogP) is 5.13. The highest BCUT2D eigenvalue weighted by Crippen LogP contribution is 2.27. The van der Waals surface area contributed by atoms with E-state index in [0.717, 1.165) is 39.0 Å². The Kier molecular flexibility index (Phi) is 10.9. The van der Waals surface area contributed by atoms with Crippen LogP contribution in [0.15, 0.2) is 35.9 Å². The third-order valence-electron chi connectivity index (χ3n) is 6.10. The molecule has 2 fully saturated rings. The molecule has 0 aromatic heterocycles. The molecule has 2 N–H and O–H groups in total. The minimum atomic E-state index is -5.08. The zero-order valence-corrected chi connectivity index (χ0v) is 19.2. The van der Waals surface area contributed by atoms with Gasteiger partial charge in [-0.1, -0.05) is 61.2 Å². The van der Waals surface area contributed by atoms with Gasteiger partial charge in [0.25, 0.3) is 0 Å². The van der Waals surface area contributed by atoms with Crippen LogP contribution >= 0.6 is 0 Å². The van der Waals surface area contributed by atoms with E-state index in [1.54, 1.807) is 0 Å². The molecule has 1 aliphatic carbocycles. The number of carboxylic acids is 1. The molecule has 1 aromatic rings. The van der Waals surface area contributed by atoms with E-state index in [1.807, 2.05) is 6.07 Å². The van der Waals surface area contributed by atoms with Crippen LogP contribution in [0, 0.1) is 11.8 Å². The first-order chi connectivity index (χ1) is 15.7. The highest BCUT2D eigenvalue weighted by atomic mass is 19.4. The van der Waals surface area contributed by atoms with Crippen molar-refractivity contribution in [3.8, 4) is 0 Å². The summed E-state index contributed by atoms with van der Waals surface area (Å²) in [6.45, 7) is 6.05. The maximum Gasteiger partial charge on any atom is 0.490 e. The maximum absolute atomic E-state index is 13.2. The third-order valence-corrected chi connectivity index (χ3v) is 6.10. The highest BCUT2D eigenvalue weighted by molar-refractivity contribution is 5.79. The number of carboxylic acid groups (broad SMARTS) is 1. The molecular formula is C25H35F3N2O3. The van der Waals surface area contributed by atoms with E-state index in [9.17, 15) is 18.0 Å². The quantitative estimate of drug-likeness (QED) is 0.607. The molecule has 1 aliphatic heterocycles. The predicted molar refractivity (Wildman–Crippen MR) is 123 cm³/mol. The maximum atomic E-state index is 13.2. The Hall–Kier alpha value is -2.35. The second kappa shape index (κ2) is 13.4. The number of benzene rings is 1. The van der Waals surface area contributed by atoms with Crippen LogP contribution < -0.4 is 5.32 Å². The summed E-state index contributed by atoms with van der Waals surface area (Å²) in [7, 11) is 0. The summed E-state index contributed by atoms with van der Waals surface area (Å²) in [5.74, 6) is -1.44. The second-order valence-electron chi connectivity index (χ2n) is 8.95. The van der Waals surface area contributed by atoms with Crippen molar-refractivity contribution in [1.82, 2.24) is 10.2 Å². The molecule has 0 radical (unpaired) electrons. The number of nitrogens with one attached hydrogen (secondary N) is 1. The van der Waals surface area contributed by atoms with Crippen molar-refractivity contribution in [1.29, 1.82) is 0 Å². The summed E-state index contributed by atoms with van der Waals surface area (Å²) < 4.78 is 31.7. The number of carbonyl (C=O) groups excluding carboxylic acids is 1. The number of nitrogens with zero attached hydrogens (tertiary/aromatic N) is 1. The summed E-state index contributed by atoms with van der Waals surface area (Å²) in [4.78, 5) is 24.3. The molecule has 33 heavy (non-hydrogen) atoms. The number of amides is 1. The SMILES string of the molecule is C/C(=C\c1ccccc1)CN(CC1CCNCC1)C(=O)C1CCCCC1.O=C(O)C(F)(F)F. The van der Waals surface area contributed by atoms with Crippen molar-refractivity contribution >= 4 is 18.0 Å². The van der Waals surface area contributed by atoms with Crippen LogP contribution in [0.4, 0.5) is 13.2 Å². The Morgan fingerprint density at radius 1 is 1.06 bits per heavy atom. The molecule has 0 bridgehead atoms. The minimum Gasteiger partial charge on any atom is -0.475 e. The topological polar surface area (TPSA) is 69.6 Å². The highest BCUT2D eigenvalue weighted by Gasteiger charge is 2.38. The van der Waals surface area contributed by atoms with Gasteiger partial charge in [0.1, 0.15) is 0 Å². The molecule has 0 atom stereocenters. The third kappa shape index (κ3) is 9.98. The summed E-state index contributed by atoms with van der Waals surface area (Å²) in [5, 5.41) is 10.6. The monoisotopic (exact) mass is 468 g/mol. The van der Waals surface area contributed by atoms with Gasteiger partial charge in [-0.25, -0.2) is 4.79 Å². The largest absolute Gasteiger partial charge is 0.490 e. The smallest absolute Gasteiger partial charge is 0.475 e. The summed E-state index contributed by atoms with van der Waals surface area (Å²) in [6, 6.07) is 10.4. The molecule has 1 saturated heterocycles. The molecule has 1 heterocycles. The van der Waals surface area contributed by atoms with Crippen LogP contribution in [0.2, 0.25) is 0 Å². The Labute approximate surface area is 194 Å². The van der Waals surface area contributed by atoms with E-state index >= 15 is 0 Å². The lowest BCUT2D eigenvalue weighted by Gasteiger charge is -2.34. The van der Waals surface area contributed by atoms with E-state index in [2.05, 4.69) is 47.5 Å². The lowest BCUT2D eigenvalue weighted by Crippen LogP contribution is -2.43. The molecule has 1 aromatic carbocycles. The van der Waals surface area contributed by atoms with E-state index in [4.69, 9.17) is 9.90 Å². The lowest BCUT2D eigenvalue weighted by molar-refractivity contribution is -0.192. The molecule has 184 valence electrons. The van der Waals surface area contributed by atoms with Gasteiger partial charge in [0.15, 0.2) is 0 Å². The first-order valence-electron chi connectivity index (χ1n) is 11.7. The molecule has 1 saturated carbocycles. The molecule has 1 amide bonds. The molecule has 2 aliphatic rings. The minimum absolute atomic E-state index is 0.259. The fourth-order valence-electron chi connectivity index (χ4n) is 4.40. The van der Waals surface area contributed by atoms with Crippen LogP contribution in [0.25, 0.3) is 6.08 Å². The van der Waals surface area contributed by atoms with Gasteiger partial charge in [0.05, 0.1) is 0 Å². The number of carbonyl (C=O) groups is 2. The summed E-state index contributed by atoms with van der Waals surface area (Å²) in [6.07, 6.45) is 5.43. The van der Waals surface area contributed by atoms with Gasteiger partial charge in [0.2, 0.25) is 5.91 Å². The van der Waals surface area contributed by atoms with Gasteiger partial charge in [-0.15, -0.1) is 0 Å². The van der Waals surface area contributed by atoms with Gasteiger partial charge in [0, 0.05) is 19.0 Å². The van der Waals surface area contributed by atoms with Crippen molar-refractivity contribution in [2.75, 3.05) is 26.2 Å². The van der Waals surface area contributed by atoms with Crippen molar-refractivity contribution in [2.24, 2.45) is 11.8 Å². The first-order valence-corrected chi connectivity index (χ1v) is 11.7. The van der Waals surface area contributed by atoms with Gasteiger partial charge in [-0.2, -0.15) is 13.2 Å². The normalized spacial score (nSPS) is 18.2. The zero-order valence-electron chi connectivity index (χ0n) is 19.2. The number of hydrogen-bond donors (Lipinski definition) is 2. The Morgan fingerprint density at radius 3 is 2.18 bits per heavy atom.